The monoisotopic (exact) mass is 772 g/mol. The van der Waals surface area contributed by atoms with Crippen LogP contribution >= 0.6 is 7.82 Å². The Bertz CT molecular complexity index is 1540. The molecule has 3 aromatic heterocycles. The molecule has 3 atom stereocenters. The summed E-state index contributed by atoms with van der Waals surface area (Å²) in [5.41, 5.74) is 7.72. The maximum Gasteiger partial charge on any atom is 0.472 e. The van der Waals surface area contributed by atoms with Crippen LogP contribution < -0.4 is 5.73 Å². The second kappa shape index (κ2) is 26.0. The summed E-state index contributed by atoms with van der Waals surface area (Å²) in [6.07, 6.45) is 24.2. The Morgan fingerprint density at radius 1 is 0.907 bits per heavy atom. The molecule has 3 heterocycles. The third kappa shape index (κ3) is 18.1. The fourth-order valence-electron chi connectivity index (χ4n) is 6.16. The first kappa shape index (κ1) is 45.4. The van der Waals surface area contributed by atoms with Crippen LogP contribution in [-0.4, -0.2) is 69.7 Å². The molecule has 0 aliphatic heterocycles. The number of nitrogen functional groups attached to an aromatic ring is 1. The number of anilines is 1. The number of phosphoric ester groups is 1. The van der Waals surface area contributed by atoms with Gasteiger partial charge in [-0.05, 0) is 49.9 Å². The molecule has 0 amide bonds. The number of aryl methyl sites for hydroxylation is 1. The van der Waals surface area contributed by atoms with Crippen LogP contribution in [0.2, 0.25) is 0 Å². The molecule has 14 heteroatoms. The predicted molar refractivity (Wildman–Crippen MR) is 211 cm³/mol. The quantitative estimate of drug-likeness (QED) is 0.0456. The Labute approximate surface area is 322 Å². The Morgan fingerprint density at radius 2 is 1.56 bits per heavy atom. The third-order valence-corrected chi connectivity index (χ3v) is 10.7. The molecule has 0 aromatic carbocycles. The molecule has 54 heavy (non-hydrogen) atoms. The molecule has 0 aliphatic carbocycles. The van der Waals surface area contributed by atoms with Crippen molar-refractivity contribution in [1.82, 2.24) is 19.6 Å². The first-order chi connectivity index (χ1) is 26.2. The number of nitriles is 1. The van der Waals surface area contributed by atoms with Crippen LogP contribution in [0.3, 0.4) is 0 Å². The van der Waals surface area contributed by atoms with Crippen molar-refractivity contribution in [2.75, 3.05) is 39.3 Å². The zero-order chi connectivity index (χ0) is 38.9. The molecule has 0 spiro atoms. The van der Waals surface area contributed by atoms with Gasteiger partial charge in [-0.3, -0.25) is 9.05 Å². The Balaban J connectivity index is 1.35. The van der Waals surface area contributed by atoms with E-state index >= 15 is 0 Å². The Morgan fingerprint density at radius 3 is 2.15 bits per heavy atom. The van der Waals surface area contributed by atoms with Crippen molar-refractivity contribution in [2.45, 2.75) is 148 Å². The van der Waals surface area contributed by atoms with Gasteiger partial charge in [-0.15, -0.1) is 0 Å². The Kier molecular flexibility index (Phi) is 21.9. The smallest absolute Gasteiger partial charge is 0.382 e. The van der Waals surface area contributed by atoms with Crippen molar-refractivity contribution >= 4 is 19.2 Å². The highest BCUT2D eigenvalue weighted by Crippen LogP contribution is 2.44. The summed E-state index contributed by atoms with van der Waals surface area (Å²) in [6, 6.07) is 9.13. The van der Waals surface area contributed by atoms with E-state index in [-0.39, 0.29) is 26.4 Å². The fourth-order valence-corrected chi connectivity index (χ4v) is 7.02. The van der Waals surface area contributed by atoms with Gasteiger partial charge in [0.05, 0.1) is 32.0 Å². The highest BCUT2D eigenvalue weighted by atomic mass is 31.2. The van der Waals surface area contributed by atoms with E-state index in [1.54, 1.807) is 29.8 Å². The van der Waals surface area contributed by atoms with E-state index in [2.05, 4.69) is 22.0 Å². The maximum absolute atomic E-state index is 13.0. The molecule has 0 saturated heterocycles. The second-order valence-electron chi connectivity index (χ2n) is 14.4. The van der Waals surface area contributed by atoms with Crippen molar-refractivity contribution in [1.29, 1.82) is 5.26 Å². The molecule has 0 radical (unpaired) electrons. The summed E-state index contributed by atoms with van der Waals surface area (Å²) < 4.78 is 43.2. The van der Waals surface area contributed by atoms with Crippen LogP contribution in [0.15, 0.2) is 36.8 Å². The summed E-state index contributed by atoms with van der Waals surface area (Å²) in [7, 11) is -2.95. The largest absolute Gasteiger partial charge is 0.472 e. The highest BCUT2D eigenvalue weighted by molar-refractivity contribution is 7.47. The molecule has 0 bridgehead atoms. The number of phosphoric acid groups is 1. The van der Waals surface area contributed by atoms with E-state index in [0.29, 0.717) is 36.5 Å². The van der Waals surface area contributed by atoms with Gasteiger partial charge in [0.1, 0.15) is 29.7 Å². The number of hydrogen-bond acceptors (Lipinski definition) is 11. The lowest BCUT2D eigenvalue weighted by Crippen LogP contribution is -2.34. The minimum Gasteiger partial charge on any atom is -0.382 e. The minimum absolute atomic E-state index is 0.165. The van der Waals surface area contributed by atoms with Gasteiger partial charge in [-0.25, -0.2) is 19.0 Å². The number of fused-ring (bicyclic) bond motifs is 1. The van der Waals surface area contributed by atoms with Gasteiger partial charge >= 0.3 is 7.82 Å². The van der Waals surface area contributed by atoms with Gasteiger partial charge in [0, 0.05) is 25.6 Å². The summed E-state index contributed by atoms with van der Waals surface area (Å²) in [6.45, 7) is 4.57. The van der Waals surface area contributed by atoms with Crippen molar-refractivity contribution in [3.05, 3.63) is 53.7 Å². The van der Waals surface area contributed by atoms with Gasteiger partial charge in [-0.1, -0.05) is 109 Å². The number of methoxy groups -OCH3 is 1. The van der Waals surface area contributed by atoms with E-state index in [1.165, 1.54) is 103 Å². The van der Waals surface area contributed by atoms with E-state index in [1.807, 2.05) is 18.2 Å². The fraction of sp³-hybridized carbons (Fsp3) is 0.700. The second-order valence-corrected chi connectivity index (χ2v) is 15.9. The SMILES string of the molecule is CCCCCCCCCCCCCCCCCCOC[C@@H](COP(=O)(O)OC[C@](C)(CCc1ccc2c(N)ncnn12)OC)OCc1ccc(C#N)nc1. The molecule has 0 aliphatic rings. The first-order valence-electron chi connectivity index (χ1n) is 20.0. The van der Waals surface area contributed by atoms with Crippen LogP contribution in [0.5, 0.6) is 0 Å². The summed E-state index contributed by atoms with van der Waals surface area (Å²) in [5.74, 6) is 0.383. The van der Waals surface area contributed by atoms with Gasteiger partial charge in [-0.2, -0.15) is 10.4 Å². The summed E-state index contributed by atoms with van der Waals surface area (Å²) in [4.78, 5) is 18.7. The number of hydrogen-bond donors (Lipinski definition) is 2. The molecule has 13 nitrogen and oxygen atoms in total. The first-order valence-corrected chi connectivity index (χ1v) is 21.5. The zero-order valence-corrected chi connectivity index (χ0v) is 33.9. The van der Waals surface area contributed by atoms with Crippen molar-refractivity contribution in [3.8, 4) is 6.07 Å². The molecular weight excluding hydrogens is 707 g/mol. The van der Waals surface area contributed by atoms with Gasteiger partial charge in [0.2, 0.25) is 0 Å². The number of rotatable bonds is 32. The number of pyridine rings is 1. The standard InChI is InChI=1S/C40H65N6O7P/c1-4-5-6-7-8-9-10-11-12-13-14-15-16-17-18-19-26-50-30-37(51-29-34-20-21-35(27-41)43-28-34)31-52-54(47,48)53-32-40(2,49-3)25-24-36-22-23-38-39(42)44-33-45-46(36)38/h20-23,28,33,37H,4-19,24-26,29-32H2,1-3H3,(H,47,48)(H2,42,44,45)/t37-,40-/m0/s1. The van der Waals surface area contributed by atoms with E-state index in [9.17, 15) is 9.46 Å². The van der Waals surface area contributed by atoms with Crippen molar-refractivity contribution in [2.24, 2.45) is 0 Å². The molecule has 0 fully saturated rings. The van der Waals surface area contributed by atoms with Gasteiger partial charge in [0.25, 0.3) is 0 Å². The van der Waals surface area contributed by atoms with Gasteiger partial charge in [0.15, 0.2) is 5.82 Å². The molecule has 3 aromatic rings. The van der Waals surface area contributed by atoms with Gasteiger partial charge < -0.3 is 24.8 Å². The number of unbranched alkanes of at least 4 members (excludes halogenated alkanes) is 15. The van der Waals surface area contributed by atoms with Crippen molar-refractivity contribution < 1.29 is 32.7 Å². The highest BCUT2D eigenvalue weighted by Gasteiger charge is 2.31. The molecule has 3 rings (SSSR count). The third-order valence-electron chi connectivity index (χ3n) is 9.79. The lowest BCUT2D eigenvalue weighted by molar-refractivity contribution is -0.0616. The summed E-state index contributed by atoms with van der Waals surface area (Å²) >= 11 is 0. The van der Waals surface area contributed by atoms with E-state index in [4.69, 9.17) is 34.3 Å². The lowest BCUT2D eigenvalue weighted by Gasteiger charge is -2.29. The van der Waals surface area contributed by atoms with Crippen LogP contribution in [0.25, 0.3) is 5.52 Å². The van der Waals surface area contributed by atoms with Crippen LogP contribution in [0, 0.1) is 11.3 Å². The molecular formula is C40H65N6O7P. The normalized spacial score (nSPS) is 14.5. The molecule has 0 saturated carbocycles. The zero-order valence-electron chi connectivity index (χ0n) is 33.0. The Hall–Kier alpha value is -2.95. The van der Waals surface area contributed by atoms with E-state index in [0.717, 1.165) is 24.1 Å². The minimum atomic E-state index is -4.48. The number of nitrogens with two attached hydrogens (primary N) is 1. The average Bonchev–Trinajstić information content (AvgIpc) is 3.61. The number of ether oxygens (including phenoxy) is 3. The average molecular weight is 773 g/mol. The topological polar surface area (TPSA) is 176 Å². The number of nitrogens with zero attached hydrogens (tertiary/aromatic N) is 5. The van der Waals surface area contributed by atoms with Crippen LogP contribution in [0.1, 0.15) is 140 Å². The molecule has 3 N–H and O–H groups in total. The number of aromatic nitrogens is 4. The van der Waals surface area contributed by atoms with E-state index < -0.39 is 19.5 Å². The molecule has 302 valence electrons. The predicted octanol–water partition coefficient (Wildman–Crippen LogP) is 8.91. The van der Waals surface area contributed by atoms with Crippen LogP contribution in [0.4, 0.5) is 5.82 Å². The lowest BCUT2D eigenvalue weighted by atomic mass is 10.00. The van der Waals surface area contributed by atoms with Crippen molar-refractivity contribution in [3.63, 3.8) is 0 Å². The van der Waals surface area contributed by atoms with Crippen LogP contribution in [-0.2, 0) is 40.9 Å². The summed E-state index contributed by atoms with van der Waals surface area (Å²) in [5, 5.41) is 13.3. The molecule has 1 unspecified atom stereocenters. The maximum atomic E-state index is 13.0.